The number of nitrogens with two attached hydrogens (primary N) is 2. The summed E-state index contributed by atoms with van der Waals surface area (Å²) >= 11 is 0. The molecule has 0 aromatic heterocycles. The molecule has 9 N–H and O–H groups in total. The van der Waals surface area contributed by atoms with Crippen LogP contribution < -0.4 is 27.4 Å². The molecule has 0 aliphatic rings. The summed E-state index contributed by atoms with van der Waals surface area (Å²) in [5.41, 5.74) is 10.4. The molecule has 12 heteroatoms. The van der Waals surface area contributed by atoms with Crippen LogP contribution in [0.25, 0.3) is 0 Å². The number of aliphatic carboxylic acids is 1. The first-order valence-electron chi connectivity index (χ1n) is 7.78. The number of aliphatic hydroxyl groups excluding tert-OH is 1. The van der Waals surface area contributed by atoms with Crippen LogP contribution in [0.4, 0.5) is 0 Å². The minimum atomic E-state index is -1.27. The van der Waals surface area contributed by atoms with E-state index < -0.39 is 60.4 Å². The van der Waals surface area contributed by atoms with E-state index in [0.29, 0.717) is 0 Å². The number of carbonyl (C=O) groups is 5. The maximum absolute atomic E-state index is 12.3. The Kier molecular flexibility index (Phi) is 9.84. The van der Waals surface area contributed by atoms with Crippen LogP contribution >= 0.6 is 0 Å². The average Bonchev–Trinajstić information content (AvgIpc) is 2.56. The summed E-state index contributed by atoms with van der Waals surface area (Å²) in [6.07, 6.45) is -0.367. The average molecular weight is 375 g/mol. The van der Waals surface area contributed by atoms with Gasteiger partial charge in [-0.25, -0.2) is 0 Å². The van der Waals surface area contributed by atoms with Crippen molar-refractivity contribution in [2.75, 3.05) is 6.61 Å². The number of hydrogen-bond donors (Lipinski definition) is 7. The molecule has 0 bridgehead atoms. The highest BCUT2D eigenvalue weighted by Crippen LogP contribution is 2.00. The van der Waals surface area contributed by atoms with Crippen molar-refractivity contribution in [2.24, 2.45) is 11.5 Å². The standard InChI is InChI=1S/C14H25N5O7/c1-6(11(22)18-7(2)14(25)26)17-13(24)9(3-4-10(16)21)19-12(23)8(15)5-20/h6-9,20H,3-5,15H2,1-2H3,(H2,16,21)(H,17,24)(H,18,22)(H,19,23)(H,25,26). The minimum absolute atomic E-state index is 0.148. The monoisotopic (exact) mass is 375 g/mol. The molecule has 0 aromatic carbocycles. The summed E-state index contributed by atoms with van der Waals surface area (Å²) in [6.45, 7) is 1.91. The molecule has 0 spiro atoms. The zero-order valence-electron chi connectivity index (χ0n) is 14.5. The normalized spacial score (nSPS) is 15.1. The molecule has 0 heterocycles. The number of amides is 4. The molecule has 4 unspecified atom stereocenters. The van der Waals surface area contributed by atoms with E-state index in [2.05, 4.69) is 16.0 Å². The van der Waals surface area contributed by atoms with Crippen LogP contribution in [0.3, 0.4) is 0 Å². The molecule has 12 nitrogen and oxygen atoms in total. The van der Waals surface area contributed by atoms with Crippen LogP contribution in [0.1, 0.15) is 26.7 Å². The molecule has 0 aliphatic heterocycles. The zero-order chi connectivity index (χ0) is 20.4. The third-order valence-corrected chi connectivity index (χ3v) is 3.33. The van der Waals surface area contributed by atoms with Crippen molar-refractivity contribution in [3.05, 3.63) is 0 Å². The first kappa shape index (κ1) is 23.3. The van der Waals surface area contributed by atoms with Crippen molar-refractivity contribution < 1.29 is 34.2 Å². The van der Waals surface area contributed by atoms with E-state index in [1.807, 2.05) is 0 Å². The van der Waals surface area contributed by atoms with Crippen molar-refractivity contribution in [1.29, 1.82) is 0 Å². The molecule has 0 rings (SSSR count). The van der Waals surface area contributed by atoms with Gasteiger partial charge in [0.05, 0.1) is 6.61 Å². The van der Waals surface area contributed by atoms with Gasteiger partial charge in [-0.15, -0.1) is 0 Å². The molecule has 0 aromatic rings. The quantitative estimate of drug-likeness (QED) is 0.189. The first-order valence-corrected chi connectivity index (χ1v) is 7.78. The molecule has 148 valence electrons. The number of carboxylic acid groups (broad SMARTS) is 1. The van der Waals surface area contributed by atoms with Crippen molar-refractivity contribution in [2.45, 2.75) is 50.9 Å². The number of primary amides is 1. The number of nitrogens with one attached hydrogen (secondary N) is 3. The Morgan fingerprint density at radius 1 is 0.923 bits per heavy atom. The number of carbonyl (C=O) groups excluding carboxylic acids is 4. The molecular weight excluding hydrogens is 350 g/mol. The third-order valence-electron chi connectivity index (χ3n) is 3.33. The predicted molar refractivity (Wildman–Crippen MR) is 88.3 cm³/mol. The molecule has 0 saturated heterocycles. The van der Waals surface area contributed by atoms with Crippen LogP contribution in [0, 0.1) is 0 Å². The van der Waals surface area contributed by atoms with Crippen molar-refractivity contribution in [3.8, 4) is 0 Å². The first-order chi connectivity index (χ1) is 12.0. The maximum Gasteiger partial charge on any atom is 0.325 e. The van der Waals surface area contributed by atoms with E-state index >= 15 is 0 Å². The predicted octanol–water partition coefficient (Wildman–Crippen LogP) is -3.85. The minimum Gasteiger partial charge on any atom is -0.480 e. The van der Waals surface area contributed by atoms with Gasteiger partial charge in [-0.3, -0.25) is 24.0 Å². The Morgan fingerprint density at radius 2 is 1.46 bits per heavy atom. The van der Waals surface area contributed by atoms with Crippen molar-refractivity contribution in [1.82, 2.24) is 16.0 Å². The largest absolute Gasteiger partial charge is 0.480 e. The lowest BCUT2D eigenvalue weighted by molar-refractivity contribution is -0.141. The fourth-order valence-electron chi connectivity index (χ4n) is 1.70. The Labute approximate surface area is 149 Å². The van der Waals surface area contributed by atoms with Gasteiger partial charge in [-0.1, -0.05) is 0 Å². The van der Waals surface area contributed by atoms with Gasteiger partial charge >= 0.3 is 5.97 Å². The molecule has 0 radical (unpaired) electrons. The van der Waals surface area contributed by atoms with Gasteiger partial charge in [0, 0.05) is 6.42 Å². The van der Waals surface area contributed by atoms with Crippen LogP contribution in [0.2, 0.25) is 0 Å². The Hall–Kier alpha value is -2.73. The van der Waals surface area contributed by atoms with Gasteiger partial charge in [0.25, 0.3) is 0 Å². The van der Waals surface area contributed by atoms with Gasteiger partial charge in [-0.2, -0.15) is 0 Å². The summed E-state index contributed by atoms with van der Waals surface area (Å²) in [4.78, 5) is 57.5. The van der Waals surface area contributed by atoms with E-state index in [1.54, 1.807) is 0 Å². The van der Waals surface area contributed by atoms with Gasteiger partial charge in [0.1, 0.15) is 24.2 Å². The maximum atomic E-state index is 12.3. The van der Waals surface area contributed by atoms with E-state index in [4.69, 9.17) is 21.7 Å². The summed E-state index contributed by atoms with van der Waals surface area (Å²) in [5.74, 6) is -4.32. The molecule has 4 amide bonds. The van der Waals surface area contributed by atoms with Crippen LogP contribution in [-0.2, 0) is 24.0 Å². The van der Waals surface area contributed by atoms with Crippen molar-refractivity contribution >= 4 is 29.6 Å². The van der Waals surface area contributed by atoms with E-state index in [1.165, 1.54) is 13.8 Å². The van der Waals surface area contributed by atoms with Gasteiger partial charge in [0.15, 0.2) is 0 Å². The molecule has 0 fully saturated rings. The Morgan fingerprint density at radius 3 is 1.92 bits per heavy atom. The smallest absolute Gasteiger partial charge is 0.325 e. The van der Waals surface area contributed by atoms with Gasteiger partial charge < -0.3 is 37.6 Å². The Balaban J connectivity index is 4.93. The van der Waals surface area contributed by atoms with Crippen LogP contribution in [0.15, 0.2) is 0 Å². The lowest BCUT2D eigenvalue weighted by atomic mass is 10.1. The molecule has 0 aliphatic carbocycles. The second kappa shape index (κ2) is 11.0. The van der Waals surface area contributed by atoms with E-state index in [-0.39, 0.29) is 12.8 Å². The van der Waals surface area contributed by atoms with Crippen LogP contribution in [-0.4, -0.2) is 70.6 Å². The number of rotatable bonds is 11. The number of aliphatic hydroxyl groups is 1. The van der Waals surface area contributed by atoms with E-state index in [9.17, 15) is 24.0 Å². The van der Waals surface area contributed by atoms with Gasteiger partial charge in [-0.05, 0) is 20.3 Å². The van der Waals surface area contributed by atoms with Crippen LogP contribution in [0.5, 0.6) is 0 Å². The molecule has 26 heavy (non-hydrogen) atoms. The number of hydrogen-bond acceptors (Lipinski definition) is 7. The second-order valence-electron chi connectivity index (χ2n) is 5.65. The van der Waals surface area contributed by atoms with E-state index in [0.717, 1.165) is 0 Å². The SMILES string of the molecule is CC(NC(=O)C(C)NC(=O)C(CCC(N)=O)NC(=O)C(N)CO)C(=O)O. The lowest BCUT2D eigenvalue weighted by Gasteiger charge is -2.22. The highest BCUT2D eigenvalue weighted by molar-refractivity contribution is 5.94. The molecule has 4 atom stereocenters. The van der Waals surface area contributed by atoms with Gasteiger partial charge in [0.2, 0.25) is 23.6 Å². The summed E-state index contributed by atoms with van der Waals surface area (Å²) in [7, 11) is 0. The second-order valence-corrected chi connectivity index (χ2v) is 5.65. The lowest BCUT2D eigenvalue weighted by Crippen LogP contribution is -2.56. The topological polar surface area (TPSA) is 214 Å². The summed E-state index contributed by atoms with van der Waals surface area (Å²) in [5, 5.41) is 24.3. The Bertz CT molecular complexity index is 554. The summed E-state index contributed by atoms with van der Waals surface area (Å²) < 4.78 is 0. The zero-order valence-corrected chi connectivity index (χ0v) is 14.5. The summed E-state index contributed by atoms with van der Waals surface area (Å²) in [6, 6.07) is -4.76. The molecule has 0 saturated carbocycles. The fourth-order valence-corrected chi connectivity index (χ4v) is 1.70. The highest BCUT2D eigenvalue weighted by atomic mass is 16.4. The number of carboxylic acids is 1. The molecular formula is C14H25N5O7. The van der Waals surface area contributed by atoms with Crippen molar-refractivity contribution in [3.63, 3.8) is 0 Å². The fraction of sp³-hybridized carbons (Fsp3) is 0.643. The highest BCUT2D eigenvalue weighted by Gasteiger charge is 2.27. The third kappa shape index (κ3) is 8.39.